The second-order valence-electron chi connectivity index (χ2n) is 6.65. The van der Waals surface area contributed by atoms with Crippen molar-refractivity contribution in [1.29, 1.82) is 0 Å². The number of hydrogen-bond donors (Lipinski definition) is 1. The van der Waals surface area contributed by atoms with E-state index >= 15 is 0 Å². The van der Waals surface area contributed by atoms with Crippen LogP contribution in [0.5, 0.6) is 11.5 Å². The molecule has 136 valence electrons. The number of hydrogen-bond acceptors (Lipinski definition) is 5. The number of anilines is 1. The number of benzene rings is 1. The van der Waals surface area contributed by atoms with E-state index in [9.17, 15) is 0 Å². The van der Waals surface area contributed by atoms with Crippen LogP contribution in [-0.2, 0) is 0 Å². The average Bonchev–Trinajstić information content (AvgIpc) is 3.28. The van der Waals surface area contributed by atoms with Gasteiger partial charge in [0.05, 0.1) is 19.6 Å². The average molecular weight is 373 g/mol. The van der Waals surface area contributed by atoms with Crippen molar-refractivity contribution < 1.29 is 9.47 Å². The van der Waals surface area contributed by atoms with Crippen molar-refractivity contribution in [2.24, 2.45) is 0 Å². The summed E-state index contributed by atoms with van der Waals surface area (Å²) in [5.74, 6) is 2.50. The number of nitrogens with zero attached hydrogens (tertiary/aromatic N) is 3. The largest absolute Gasteiger partial charge is 0.497 e. The Morgan fingerprint density at radius 3 is 2.54 bits per heavy atom. The van der Waals surface area contributed by atoms with Crippen molar-refractivity contribution in [3.63, 3.8) is 0 Å². The molecule has 0 amide bonds. The van der Waals surface area contributed by atoms with E-state index in [2.05, 4.69) is 26.7 Å². The van der Waals surface area contributed by atoms with Crippen LogP contribution in [0.25, 0.3) is 11.0 Å². The Kier molecular flexibility index (Phi) is 4.36. The molecule has 1 aliphatic carbocycles. The molecule has 2 atom stereocenters. The molecule has 0 aliphatic heterocycles. The van der Waals surface area contributed by atoms with Crippen LogP contribution in [0, 0.1) is 0 Å². The van der Waals surface area contributed by atoms with Crippen LogP contribution in [0.3, 0.4) is 0 Å². The molecule has 1 fully saturated rings. The molecule has 2 N–H and O–H groups in total. The summed E-state index contributed by atoms with van der Waals surface area (Å²) in [6.45, 7) is 0. The number of nitrogens with two attached hydrogens (primary N) is 1. The number of rotatable bonds is 4. The van der Waals surface area contributed by atoms with Gasteiger partial charge in [0.15, 0.2) is 0 Å². The van der Waals surface area contributed by atoms with Gasteiger partial charge >= 0.3 is 0 Å². The maximum atomic E-state index is 6.01. The Balaban J connectivity index is 1.64. The monoisotopic (exact) mass is 372 g/mol. The Labute approximate surface area is 156 Å². The molecule has 1 aliphatic rings. The van der Waals surface area contributed by atoms with Gasteiger partial charge in [0.1, 0.15) is 23.0 Å². The maximum absolute atomic E-state index is 6.01. The zero-order valence-corrected chi connectivity index (χ0v) is 15.5. The molecule has 0 bridgehead atoms. The lowest BCUT2D eigenvalue weighted by molar-refractivity contribution is 0.392. The fraction of sp³-hybridized carbons (Fsp3) is 0.368. The number of fused-ring (bicyclic) bond motifs is 1. The molecule has 0 radical (unpaired) electrons. The number of ether oxygens (including phenoxy) is 2. The van der Waals surface area contributed by atoms with Crippen LogP contribution in [0.15, 0.2) is 30.5 Å². The van der Waals surface area contributed by atoms with Crippen molar-refractivity contribution in [2.45, 2.75) is 31.2 Å². The molecule has 26 heavy (non-hydrogen) atoms. The minimum Gasteiger partial charge on any atom is -0.497 e. The van der Waals surface area contributed by atoms with Gasteiger partial charge in [0, 0.05) is 18.3 Å². The van der Waals surface area contributed by atoms with Crippen LogP contribution in [-0.4, -0.2) is 28.8 Å². The van der Waals surface area contributed by atoms with Crippen molar-refractivity contribution >= 4 is 28.5 Å². The van der Waals surface area contributed by atoms with Crippen molar-refractivity contribution in [3.8, 4) is 11.5 Å². The van der Waals surface area contributed by atoms with Crippen LogP contribution in [0.2, 0.25) is 5.28 Å². The fourth-order valence-electron chi connectivity index (χ4n) is 3.90. The van der Waals surface area contributed by atoms with Crippen LogP contribution < -0.4 is 15.2 Å². The van der Waals surface area contributed by atoms with Crippen LogP contribution >= 0.6 is 11.6 Å². The second-order valence-corrected chi connectivity index (χ2v) is 6.99. The molecule has 2 unspecified atom stereocenters. The molecule has 7 heteroatoms. The van der Waals surface area contributed by atoms with Gasteiger partial charge in [-0.3, -0.25) is 0 Å². The Bertz CT molecular complexity index is 934. The predicted molar refractivity (Wildman–Crippen MR) is 102 cm³/mol. The molecule has 1 saturated carbocycles. The van der Waals surface area contributed by atoms with Crippen LogP contribution in [0.4, 0.5) is 5.82 Å². The molecular weight excluding hydrogens is 352 g/mol. The minimum absolute atomic E-state index is 0.182. The summed E-state index contributed by atoms with van der Waals surface area (Å²) in [5.41, 5.74) is 8.02. The predicted octanol–water partition coefficient (Wildman–Crippen LogP) is 4.19. The standard InChI is InChI=1S/C19H21ClN4O2/c1-25-14-8-12(9-15(10-14)26-2)11-3-4-13(7-11)24-6-5-16-17(21)22-19(20)23-18(16)24/h5-6,8-11,13H,3-4,7H2,1-2H3,(H2,21,22,23). The summed E-state index contributed by atoms with van der Waals surface area (Å²) in [7, 11) is 3.35. The Morgan fingerprint density at radius 2 is 1.85 bits per heavy atom. The lowest BCUT2D eigenvalue weighted by Gasteiger charge is -2.16. The van der Waals surface area contributed by atoms with E-state index in [-0.39, 0.29) is 5.28 Å². The highest BCUT2D eigenvalue weighted by Gasteiger charge is 2.29. The molecule has 0 spiro atoms. The molecule has 6 nitrogen and oxygen atoms in total. The summed E-state index contributed by atoms with van der Waals surface area (Å²) < 4.78 is 13.0. The molecule has 2 aromatic heterocycles. The fourth-order valence-corrected chi connectivity index (χ4v) is 4.07. The van der Waals surface area contributed by atoms with E-state index in [0.717, 1.165) is 41.8 Å². The summed E-state index contributed by atoms with van der Waals surface area (Å²) in [4.78, 5) is 8.42. The van der Waals surface area contributed by atoms with Crippen molar-refractivity contribution in [1.82, 2.24) is 14.5 Å². The van der Waals surface area contributed by atoms with Gasteiger partial charge < -0.3 is 19.8 Å². The summed E-state index contributed by atoms with van der Waals surface area (Å²) in [6.07, 6.45) is 5.21. The minimum atomic E-state index is 0.182. The quantitative estimate of drug-likeness (QED) is 0.695. The topological polar surface area (TPSA) is 75.2 Å². The maximum Gasteiger partial charge on any atom is 0.226 e. The first kappa shape index (κ1) is 17.0. The van der Waals surface area contributed by atoms with Crippen LogP contribution in [0.1, 0.15) is 36.8 Å². The smallest absolute Gasteiger partial charge is 0.226 e. The molecule has 3 aromatic rings. The number of halogens is 1. The number of methoxy groups -OCH3 is 2. The lowest BCUT2D eigenvalue weighted by atomic mass is 9.97. The highest BCUT2D eigenvalue weighted by Crippen LogP contribution is 2.44. The SMILES string of the molecule is COc1cc(OC)cc(C2CCC(n3ccc4c(N)nc(Cl)nc43)C2)c1. The third-order valence-electron chi connectivity index (χ3n) is 5.22. The van der Waals surface area contributed by atoms with E-state index in [4.69, 9.17) is 26.8 Å². The van der Waals surface area contributed by atoms with Gasteiger partial charge in [0.25, 0.3) is 0 Å². The van der Waals surface area contributed by atoms with Crippen molar-refractivity contribution in [2.75, 3.05) is 20.0 Å². The third-order valence-corrected chi connectivity index (χ3v) is 5.39. The highest BCUT2D eigenvalue weighted by molar-refractivity contribution is 6.28. The first-order chi connectivity index (χ1) is 12.6. The third kappa shape index (κ3) is 2.94. The van der Waals surface area contributed by atoms with Gasteiger partial charge in [-0.05, 0) is 60.5 Å². The zero-order valence-electron chi connectivity index (χ0n) is 14.8. The first-order valence-electron chi connectivity index (χ1n) is 8.61. The molecule has 2 heterocycles. The van der Waals surface area contributed by atoms with Crippen molar-refractivity contribution in [3.05, 3.63) is 41.3 Å². The highest BCUT2D eigenvalue weighted by atomic mass is 35.5. The number of nitrogen functional groups attached to an aromatic ring is 1. The Hall–Kier alpha value is -2.47. The zero-order chi connectivity index (χ0) is 18.3. The number of aromatic nitrogens is 3. The van der Waals surface area contributed by atoms with Gasteiger partial charge in [-0.2, -0.15) is 4.98 Å². The summed E-state index contributed by atoms with van der Waals surface area (Å²) in [6, 6.07) is 8.40. The van der Waals surface area contributed by atoms with E-state index in [0.29, 0.717) is 17.8 Å². The van der Waals surface area contributed by atoms with E-state index in [1.54, 1.807) is 14.2 Å². The lowest BCUT2D eigenvalue weighted by Crippen LogP contribution is -2.06. The summed E-state index contributed by atoms with van der Waals surface area (Å²) >= 11 is 6.01. The van der Waals surface area contributed by atoms with E-state index < -0.39 is 0 Å². The molecule has 4 rings (SSSR count). The summed E-state index contributed by atoms with van der Waals surface area (Å²) in [5, 5.41) is 1.03. The molecule has 1 aromatic carbocycles. The van der Waals surface area contributed by atoms with Gasteiger partial charge in [-0.25, -0.2) is 4.98 Å². The molecular formula is C19H21ClN4O2. The first-order valence-corrected chi connectivity index (χ1v) is 8.99. The Morgan fingerprint density at radius 1 is 1.12 bits per heavy atom. The van der Waals surface area contributed by atoms with E-state index in [1.165, 1.54) is 5.56 Å². The van der Waals surface area contributed by atoms with E-state index in [1.807, 2.05) is 18.3 Å². The second kappa shape index (κ2) is 6.68. The van der Waals surface area contributed by atoms with Gasteiger partial charge in [-0.1, -0.05) is 0 Å². The van der Waals surface area contributed by atoms with Gasteiger partial charge in [-0.15, -0.1) is 0 Å². The molecule has 0 saturated heterocycles. The normalized spacial score (nSPS) is 19.8. The van der Waals surface area contributed by atoms with Gasteiger partial charge in [0.2, 0.25) is 5.28 Å².